The van der Waals surface area contributed by atoms with Crippen LogP contribution in [0, 0.1) is 19.8 Å². The average Bonchev–Trinajstić information content (AvgIpc) is 2.43. The maximum atomic E-state index is 12.3. The van der Waals surface area contributed by atoms with Crippen molar-refractivity contribution in [3.05, 3.63) is 28.8 Å². The molecule has 1 aromatic carbocycles. The number of hydrogen-bond donors (Lipinski definition) is 1. The highest BCUT2D eigenvalue weighted by molar-refractivity contribution is 5.86. The first-order valence-corrected chi connectivity index (χ1v) is 7.31. The molecule has 122 valence electrons. The van der Waals surface area contributed by atoms with Gasteiger partial charge < -0.3 is 14.8 Å². The molecule has 5 nitrogen and oxygen atoms in total. The maximum absolute atomic E-state index is 12.3. The second kappa shape index (κ2) is 7.82. The Morgan fingerprint density at radius 3 is 2.32 bits per heavy atom. The van der Waals surface area contributed by atoms with E-state index in [0.29, 0.717) is 5.75 Å². The lowest BCUT2D eigenvalue weighted by Gasteiger charge is -2.20. The molecule has 0 heterocycles. The van der Waals surface area contributed by atoms with Gasteiger partial charge in [-0.3, -0.25) is 4.79 Å². The van der Waals surface area contributed by atoms with Crippen LogP contribution in [0.3, 0.4) is 0 Å². The fraction of sp³-hybridized carbons (Fsp3) is 0.529. The number of ether oxygens (including phenoxy) is 2. The molecule has 0 radical (unpaired) electrons. The highest BCUT2D eigenvalue weighted by Gasteiger charge is 2.25. The number of carbonyl (C=O) groups excluding carboxylic acids is 2. The molecule has 0 bridgehead atoms. The third-order valence-electron chi connectivity index (χ3n) is 3.49. The molecule has 0 aromatic heterocycles. The summed E-state index contributed by atoms with van der Waals surface area (Å²) in [5, 5.41) is 2.74. The van der Waals surface area contributed by atoms with Crippen LogP contribution >= 0.6 is 0 Å². The molecular weight excluding hydrogens is 282 g/mol. The van der Waals surface area contributed by atoms with Crippen LogP contribution < -0.4 is 10.1 Å². The van der Waals surface area contributed by atoms with Crippen molar-refractivity contribution in [3.63, 3.8) is 0 Å². The van der Waals surface area contributed by atoms with Gasteiger partial charge >= 0.3 is 5.97 Å². The van der Waals surface area contributed by atoms with Gasteiger partial charge in [0.25, 0.3) is 0 Å². The van der Waals surface area contributed by atoms with Crippen LogP contribution in [-0.2, 0) is 20.7 Å². The van der Waals surface area contributed by atoms with Crippen molar-refractivity contribution in [2.24, 2.45) is 5.92 Å². The Bertz CT molecular complexity index is 552. The molecule has 1 amide bonds. The molecule has 1 N–H and O–H groups in total. The van der Waals surface area contributed by atoms with Crippen molar-refractivity contribution in [3.8, 4) is 5.75 Å². The smallest absolute Gasteiger partial charge is 0.328 e. The fourth-order valence-electron chi connectivity index (χ4n) is 2.49. The van der Waals surface area contributed by atoms with Gasteiger partial charge in [0.15, 0.2) is 0 Å². The second-order valence-corrected chi connectivity index (χ2v) is 5.76. The molecule has 1 atom stereocenters. The number of rotatable bonds is 6. The summed E-state index contributed by atoms with van der Waals surface area (Å²) in [5.74, 6) is 0.000550. The Balaban J connectivity index is 2.91. The van der Waals surface area contributed by atoms with Crippen molar-refractivity contribution in [2.75, 3.05) is 14.2 Å². The summed E-state index contributed by atoms with van der Waals surface area (Å²) < 4.78 is 10.1. The first kappa shape index (κ1) is 18.0. The lowest BCUT2D eigenvalue weighted by atomic mass is 10.0. The molecule has 0 unspecified atom stereocenters. The van der Waals surface area contributed by atoms with E-state index in [0.717, 1.165) is 16.7 Å². The molecule has 0 aliphatic heterocycles. The van der Waals surface area contributed by atoms with E-state index in [-0.39, 0.29) is 18.2 Å². The van der Waals surface area contributed by atoms with Gasteiger partial charge in [-0.1, -0.05) is 31.5 Å². The predicted molar refractivity (Wildman–Crippen MR) is 85.0 cm³/mol. The molecule has 1 rings (SSSR count). The van der Waals surface area contributed by atoms with Gasteiger partial charge in [-0.25, -0.2) is 4.79 Å². The zero-order valence-corrected chi connectivity index (χ0v) is 14.1. The quantitative estimate of drug-likeness (QED) is 0.818. The molecule has 0 spiro atoms. The Hall–Kier alpha value is -2.04. The van der Waals surface area contributed by atoms with Crippen molar-refractivity contribution in [1.82, 2.24) is 5.32 Å². The summed E-state index contributed by atoms with van der Waals surface area (Å²) in [4.78, 5) is 24.0. The second-order valence-electron chi connectivity index (χ2n) is 5.76. The Kier molecular flexibility index (Phi) is 6.40. The first-order chi connectivity index (χ1) is 10.3. The summed E-state index contributed by atoms with van der Waals surface area (Å²) in [6, 6.07) is 3.29. The summed E-state index contributed by atoms with van der Waals surface area (Å²) in [6.07, 6.45) is 0.159. The van der Waals surface area contributed by atoms with E-state index in [2.05, 4.69) is 5.32 Å². The lowest BCUT2D eigenvalue weighted by molar-refractivity contribution is -0.146. The molecule has 0 saturated heterocycles. The minimum atomic E-state index is -0.644. The van der Waals surface area contributed by atoms with E-state index < -0.39 is 12.0 Å². The highest BCUT2D eigenvalue weighted by atomic mass is 16.5. The Labute approximate surface area is 132 Å². The number of esters is 1. The minimum Gasteiger partial charge on any atom is -0.496 e. The third-order valence-corrected chi connectivity index (χ3v) is 3.49. The standard InChI is InChI=1S/C17H25NO4/c1-10(2)15(17(20)22-6)18-14(19)9-13-8-11(3)7-12(4)16(13)21-5/h7-8,10,15H,9H2,1-6H3,(H,18,19)/t15-/m0/s1. The van der Waals surface area contributed by atoms with Crippen LogP contribution in [0.5, 0.6) is 5.75 Å². The summed E-state index contributed by atoms with van der Waals surface area (Å²) >= 11 is 0. The van der Waals surface area contributed by atoms with Crippen LogP contribution in [0.15, 0.2) is 12.1 Å². The maximum Gasteiger partial charge on any atom is 0.328 e. The fourth-order valence-corrected chi connectivity index (χ4v) is 2.49. The van der Waals surface area contributed by atoms with Crippen LogP contribution in [0.25, 0.3) is 0 Å². The summed E-state index contributed by atoms with van der Waals surface area (Å²) in [6.45, 7) is 7.64. The summed E-state index contributed by atoms with van der Waals surface area (Å²) in [7, 11) is 2.90. The molecule has 1 aromatic rings. The molecular formula is C17H25NO4. The molecule has 0 aliphatic rings. The summed E-state index contributed by atoms with van der Waals surface area (Å²) in [5.41, 5.74) is 2.86. The molecule has 0 fully saturated rings. The SMILES string of the molecule is COC(=O)[C@@H](NC(=O)Cc1cc(C)cc(C)c1OC)C(C)C. The highest BCUT2D eigenvalue weighted by Crippen LogP contribution is 2.25. The topological polar surface area (TPSA) is 64.6 Å². The van der Waals surface area contributed by atoms with Gasteiger partial charge in [-0.05, 0) is 25.3 Å². The average molecular weight is 307 g/mol. The predicted octanol–water partition coefficient (Wildman–Crippen LogP) is 2.17. The number of hydrogen-bond acceptors (Lipinski definition) is 4. The number of nitrogens with one attached hydrogen (secondary N) is 1. The Morgan fingerprint density at radius 1 is 1.18 bits per heavy atom. The third kappa shape index (κ3) is 4.48. The van der Waals surface area contributed by atoms with Crippen molar-refractivity contribution in [2.45, 2.75) is 40.2 Å². The van der Waals surface area contributed by atoms with Crippen molar-refractivity contribution >= 4 is 11.9 Å². The van der Waals surface area contributed by atoms with Gasteiger partial charge in [0.05, 0.1) is 20.6 Å². The van der Waals surface area contributed by atoms with Gasteiger partial charge in [-0.2, -0.15) is 0 Å². The van der Waals surface area contributed by atoms with Crippen LogP contribution in [0.1, 0.15) is 30.5 Å². The van der Waals surface area contributed by atoms with Gasteiger partial charge in [0, 0.05) is 5.56 Å². The van der Waals surface area contributed by atoms with E-state index >= 15 is 0 Å². The van der Waals surface area contributed by atoms with Crippen LogP contribution in [0.4, 0.5) is 0 Å². The zero-order chi connectivity index (χ0) is 16.9. The van der Waals surface area contributed by atoms with Gasteiger partial charge in [-0.15, -0.1) is 0 Å². The molecule has 0 saturated carbocycles. The monoisotopic (exact) mass is 307 g/mol. The first-order valence-electron chi connectivity index (χ1n) is 7.31. The van der Waals surface area contributed by atoms with Crippen molar-refractivity contribution < 1.29 is 19.1 Å². The van der Waals surface area contributed by atoms with Crippen molar-refractivity contribution in [1.29, 1.82) is 0 Å². The van der Waals surface area contributed by atoms with E-state index in [9.17, 15) is 9.59 Å². The number of benzene rings is 1. The number of aryl methyl sites for hydroxylation is 2. The molecule has 0 aliphatic carbocycles. The molecule has 5 heteroatoms. The van der Waals surface area contributed by atoms with E-state index in [1.165, 1.54) is 7.11 Å². The van der Waals surface area contributed by atoms with Crippen LogP contribution in [-0.4, -0.2) is 32.1 Å². The van der Waals surface area contributed by atoms with E-state index in [1.807, 2.05) is 39.8 Å². The Morgan fingerprint density at radius 2 is 1.82 bits per heavy atom. The largest absolute Gasteiger partial charge is 0.496 e. The number of methoxy groups -OCH3 is 2. The van der Waals surface area contributed by atoms with E-state index in [4.69, 9.17) is 9.47 Å². The van der Waals surface area contributed by atoms with Crippen LogP contribution in [0.2, 0.25) is 0 Å². The minimum absolute atomic E-state index is 0.0439. The normalized spacial score (nSPS) is 12.0. The van der Waals surface area contributed by atoms with E-state index in [1.54, 1.807) is 7.11 Å². The lowest BCUT2D eigenvalue weighted by Crippen LogP contribution is -2.45. The zero-order valence-electron chi connectivity index (χ0n) is 14.1. The van der Waals surface area contributed by atoms with Gasteiger partial charge in [0.2, 0.25) is 5.91 Å². The number of carbonyl (C=O) groups is 2. The number of amides is 1. The molecule has 22 heavy (non-hydrogen) atoms. The van der Waals surface area contributed by atoms with Gasteiger partial charge in [0.1, 0.15) is 11.8 Å².